The Morgan fingerprint density at radius 1 is 1.75 bits per heavy atom. The zero-order chi connectivity index (χ0) is 11.4. The Labute approximate surface area is 94.8 Å². The van der Waals surface area contributed by atoms with Gasteiger partial charge in [-0.3, -0.25) is 0 Å². The average molecular weight is 223 g/mol. The molecule has 0 radical (unpaired) electrons. The lowest BCUT2D eigenvalue weighted by atomic mass is 10.1. The van der Waals surface area contributed by atoms with E-state index in [9.17, 15) is 4.79 Å². The highest BCUT2D eigenvalue weighted by molar-refractivity contribution is 5.87. The number of hydrogen-bond acceptors (Lipinski definition) is 4. The van der Waals surface area contributed by atoms with Crippen LogP contribution in [0, 0.1) is 0 Å². The van der Waals surface area contributed by atoms with Gasteiger partial charge in [0.1, 0.15) is 5.69 Å². The molecule has 5 heteroatoms. The second-order valence-electron chi connectivity index (χ2n) is 3.91. The molecule has 88 valence electrons. The van der Waals surface area contributed by atoms with E-state index in [1.807, 2.05) is 4.57 Å². The number of imidazole rings is 1. The Kier molecular flexibility index (Phi) is 3.56. The second-order valence-corrected chi connectivity index (χ2v) is 3.91. The zero-order valence-electron chi connectivity index (χ0n) is 9.48. The van der Waals surface area contributed by atoms with Crippen molar-refractivity contribution in [3.8, 4) is 0 Å². The number of nitrogens with zero attached hydrogens (tertiary/aromatic N) is 2. The third-order valence-corrected chi connectivity index (χ3v) is 2.81. The lowest BCUT2D eigenvalue weighted by Crippen LogP contribution is -2.32. The van der Waals surface area contributed by atoms with Crippen molar-refractivity contribution in [2.75, 3.05) is 19.7 Å². The van der Waals surface area contributed by atoms with Crippen molar-refractivity contribution in [2.45, 2.75) is 25.8 Å². The first-order valence-corrected chi connectivity index (χ1v) is 5.72. The molecular weight excluding hydrogens is 206 g/mol. The molecule has 2 rings (SSSR count). The first kappa shape index (κ1) is 11.1. The zero-order valence-corrected chi connectivity index (χ0v) is 9.48. The summed E-state index contributed by atoms with van der Waals surface area (Å²) in [5.41, 5.74) is 0.551. The monoisotopic (exact) mass is 223 g/mol. The SMILES string of the molecule is CCOC(=O)c1cncn1C1CCCNC1. The standard InChI is InChI=1S/C11H17N3O2/c1-2-16-11(15)10-7-13-8-14(10)9-4-3-5-12-6-9/h7-9,12H,2-6H2,1H3. The largest absolute Gasteiger partial charge is 0.461 e. The number of carbonyl (C=O) groups is 1. The Balaban J connectivity index is 2.14. The van der Waals surface area contributed by atoms with Crippen molar-refractivity contribution >= 4 is 5.97 Å². The maximum Gasteiger partial charge on any atom is 0.356 e. The van der Waals surface area contributed by atoms with E-state index in [0.29, 0.717) is 18.3 Å². The summed E-state index contributed by atoms with van der Waals surface area (Å²) in [5, 5.41) is 3.32. The fourth-order valence-electron chi connectivity index (χ4n) is 2.03. The minimum atomic E-state index is -0.287. The highest BCUT2D eigenvalue weighted by atomic mass is 16.5. The number of piperidine rings is 1. The number of aromatic nitrogens is 2. The van der Waals surface area contributed by atoms with Crippen LogP contribution in [0.15, 0.2) is 12.5 Å². The molecule has 1 N–H and O–H groups in total. The molecule has 0 amide bonds. The molecule has 0 saturated carbocycles. The summed E-state index contributed by atoms with van der Waals surface area (Å²) in [5.74, 6) is -0.287. The predicted molar refractivity (Wildman–Crippen MR) is 59.3 cm³/mol. The van der Waals surface area contributed by atoms with E-state index < -0.39 is 0 Å². The first-order valence-electron chi connectivity index (χ1n) is 5.72. The molecule has 1 aromatic rings. The fourth-order valence-corrected chi connectivity index (χ4v) is 2.03. The van der Waals surface area contributed by atoms with Crippen LogP contribution < -0.4 is 5.32 Å². The van der Waals surface area contributed by atoms with E-state index in [4.69, 9.17) is 4.74 Å². The maximum absolute atomic E-state index is 11.7. The summed E-state index contributed by atoms with van der Waals surface area (Å²) >= 11 is 0. The molecule has 1 aliphatic heterocycles. The smallest absolute Gasteiger partial charge is 0.356 e. The van der Waals surface area contributed by atoms with E-state index >= 15 is 0 Å². The summed E-state index contributed by atoms with van der Waals surface area (Å²) in [7, 11) is 0. The van der Waals surface area contributed by atoms with Crippen LogP contribution in [0.25, 0.3) is 0 Å². The second kappa shape index (κ2) is 5.12. The maximum atomic E-state index is 11.7. The van der Waals surface area contributed by atoms with Crippen LogP contribution in [0.3, 0.4) is 0 Å². The van der Waals surface area contributed by atoms with Gasteiger partial charge in [0.15, 0.2) is 0 Å². The molecule has 0 aliphatic carbocycles. The Morgan fingerprint density at radius 2 is 2.62 bits per heavy atom. The topological polar surface area (TPSA) is 56.1 Å². The molecule has 0 aromatic carbocycles. The Bertz CT molecular complexity index is 356. The van der Waals surface area contributed by atoms with Crippen molar-refractivity contribution in [3.05, 3.63) is 18.2 Å². The molecule has 1 aliphatic rings. The van der Waals surface area contributed by atoms with Gasteiger partial charge in [0.2, 0.25) is 0 Å². The summed E-state index contributed by atoms with van der Waals surface area (Å²) < 4.78 is 6.92. The molecule has 5 nitrogen and oxygen atoms in total. The fraction of sp³-hybridized carbons (Fsp3) is 0.636. The molecule has 0 bridgehead atoms. The van der Waals surface area contributed by atoms with Gasteiger partial charge in [0.05, 0.1) is 19.1 Å². The van der Waals surface area contributed by atoms with E-state index in [2.05, 4.69) is 10.3 Å². The first-order chi connectivity index (χ1) is 7.83. The number of nitrogens with one attached hydrogen (secondary N) is 1. The number of esters is 1. The van der Waals surface area contributed by atoms with Crippen LogP contribution in [-0.2, 0) is 4.74 Å². The van der Waals surface area contributed by atoms with Crippen LogP contribution in [0.4, 0.5) is 0 Å². The number of ether oxygens (including phenoxy) is 1. The summed E-state index contributed by atoms with van der Waals surface area (Å²) in [6, 6.07) is 0.315. The van der Waals surface area contributed by atoms with E-state index in [1.165, 1.54) is 0 Å². The van der Waals surface area contributed by atoms with Crippen LogP contribution in [0.5, 0.6) is 0 Å². The van der Waals surface area contributed by atoms with Crippen LogP contribution in [-0.4, -0.2) is 35.2 Å². The molecular formula is C11H17N3O2. The molecule has 1 atom stereocenters. The van der Waals surface area contributed by atoms with E-state index in [1.54, 1.807) is 19.4 Å². The van der Waals surface area contributed by atoms with Crippen molar-refractivity contribution < 1.29 is 9.53 Å². The Morgan fingerprint density at radius 3 is 3.31 bits per heavy atom. The van der Waals surface area contributed by atoms with Crippen LogP contribution in [0.1, 0.15) is 36.3 Å². The summed E-state index contributed by atoms with van der Waals surface area (Å²) in [6.07, 6.45) is 5.50. The summed E-state index contributed by atoms with van der Waals surface area (Å²) in [4.78, 5) is 15.7. The van der Waals surface area contributed by atoms with Crippen LogP contribution in [0.2, 0.25) is 0 Å². The van der Waals surface area contributed by atoms with Gasteiger partial charge >= 0.3 is 5.97 Å². The lowest BCUT2D eigenvalue weighted by molar-refractivity contribution is 0.0510. The van der Waals surface area contributed by atoms with Gasteiger partial charge in [-0.1, -0.05) is 0 Å². The van der Waals surface area contributed by atoms with Crippen molar-refractivity contribution in [1.29, 1.82) is 0 Å². The van der Waals surface area contributed by atoms with Gasteiger partial charge in [-0.25, -0.2) is 9.78 Å². The van der Waals surface area contributed by atoms with Crippen molar-refractivity contribution in [3.63, 3.8) is 0 Å². The summed E-state index contributed by atoms with van der Waals surface area (Å²) in [6.45, 7) is 4.15. The van der Waals surface area contributed by atoms with Crippen LogP contribution >= 0.6 is 0 Å². The molecule has 16 heavy (non-hydrogen) atoms. The molecule has 1 unspecified atom stereocenters. The molecule has 2 heterocycles. The van der Waals surface area contributed by atoms with E-state index in [0.717, 1.165) is 25.9 Å². The van der Waals surface area contributed by atoms with Crippen molar-refractivity contribution in [1.82, 2.24) is 14.9 Å². The normalized spacial score (nSPS) is 20.7. The average Bonchev–Trinajstić information content (AvgIpc) is 2.79. The number of carbonyl (C=O) groups excluding carboxylic acids is 1. The number of rotatable bonds is 3. The third-order valence-electron chi connectivity index (χ3n) is 2.81. The van der Waals surface area contributed by atoms with Gasteiger partial charge in [0.25, 0.3) is 0 Å². The van der Waals surface area contributed by atoms with Crippen molar-refractivity contribution in [2.24, 2.45) is 0 Å². The van der Waals surface area contributed by atoms with Gasteiger partial charge in [-0.15, -0.1) is 0 Å². The molecule has 1 fully saturated rings. The predicted octanol–water partition coefficient (Wildman–Crippen LogP) is 0.984. The van der Waals surface area contributed by atoms with E-state index in [-0.39, 0.29) is 5.97 Å². The highest BCUT2D eigenvalue weighted by Crippen LogP contribution is 2.18. The highest BCUT2D eigenvalue weighted by Gasteiger charge is 2.21. The Hall–Kier alpha value is -1.36. The molecule has 1 saturated heterocycles. The molecule has 1 aromatic heterocycles. The lowest BCUT2D eigenvalue weighted by Gasteiger charge is -2.25. The van der Waals surface area contributed by atoms with Gasteiger partial charge in [0, 0.05) is 12.6 Å². The van der Waals surface area contributed by atoms with Gasteiger partial charge in [-0.2, -0.15) is 0 Å². The number of hydrogen-bond donors (Lipinski definition) is 1. The van der Waals surface area contributed by atoms with Gasteiger partial charge < -0.3 is 14.6 Å². The van der Waals surface area contributed by atoms with Gasteiger partial charge in [-0.05, 0) is 26.3 Å². The third kappa shape index (κ3) is 2.24. The minimum absolute atomic E-state index is 0.287. The quantitative estimate of drug-likeness (QED) is 0.776. The minimum Gasteiger partial charge on any atom is -0.461 e. The molecule has 0 spiro atoms.